The minimum Gasteiger partial charge on any atom is -0.274 e. The normalized spacial score (nSPS) is 11.4. The molecule has 0 saturated heterocycles. The molecule has 1 aromatic carbocycles. The Kier molecular flexibility index (Phi) is 2.85. The van der Waals surface area contributed by atoms with Crippen LogP contribution in [0.25, 0.3) is 0 Å². The van der Waals surface area contributed by atoms with Crippen molar-refractivity contribution in [3.8, 4) is 0 Å². The number of benzene rings is 1. The van der Waals surface area contributed by atoms with Gasteiger partial charge in [-0.15, -0.1) is 0 Å². The molecule has 0 radical (unpaired) electrons. The fourth-order valence-electron chi connectivity index (χ4n) is 1.32. The molecule has 0 N–H and O–H groups in total. The van der Waals surface area contributed by atoms with Gasteiger partial charge in [0.25, 0.3) is 0 Å². The molecular weight excluding hydrogens is 198 g/mol. The highest BCUT2D eigenvalue weighted by atomic mass is 32.2. The molecule has 78 valence electrons. The highest BCUT2D eigenvalue weighted by Gasteiger charge is 2.11. The first-order valence-electron chi connectivity index (χ1n) is 4.33. The molecule has 0 aliphatic rings. The number of hydrogen-bond donors (Lipinski definition) is 0. The summed E-state index contributed by atoms with van der Waals surface area (Å²) in [6.45, 7) is 3.90. The van der Waals surface area contributed by atoms with E-state index in [1.807, 2.05) is 32.0 Å². The third-order valence-electron chi connectivity index (χ3n) is 2.07. The quantitative estimate of drug-likeness (QED) is 0.750. The predicted octanol–water partition coefficient (Wildman–Crippen LogP) is 1.70. The van der Waals surface area contributed by atoms with Gasteiger partial charge in [0.05, 0.1) is 11.9 Å². The van der Waals surface area contributed by atoms with E-state index >= 15 is 0 Å². The lowest BCUT2D eigenvalue weighted by Gasteiger charge is -2.17. The molecule has 0 atom stereocenters. The molecule has 0 amide bonds. The van der Waals surface area contributed by atoms with Crippen molar-refractivity contribution >= 4 is 15.7 Å². The van der Waals surface area contributed by atoms with Crippen LogP contribution >= 0.6 is 0 Å². The van der Waals surface area contributed by atoms with E-state index in [1.54, 1.807) is 7.05 Å². The highest BCUT2D eigenvalue weighted by molar-refractivity contribution is 7.92. The van der Waals surface area contributed by atoms with Gasteiger partial charge in [-0.25, -0.2) is 8.42 Å². The third-order valence-corrected chi connectivity index (χ3v) is 3.27. The lowest BCUT2D eigenvalue weighted by atomic mass is 10.1. The Bertz CT molecular complexity index is 417. The van der Waals surface area contributed by atoms with Crippen molar-refractivity contribution in [2.24, 2.45) is 0 Å². The second-order valence-corrected chi connectivity index (χ2v) is 5.59. The summed E-state index contributed by atoms with van der Waals surface area (Å²) in [6.07, 6.45) is 1.20. The van der Waals surface area contributed by atoms with Crippen LogP contribution in [0.5, 0.6) is 0 Å². The van der Waals surface area contributed by atoms with Crippen LogP contribution in [0.3, 0.4) is 0 Å². The molecule has 3 nitrogen and oxygen atoms in total. The fraction of sp³-hybridized carbons (Fsp3) is 0.400. The minimum absolute atomic E-state index is 0.713. The van der Waals surface area contributed by atoms with E-state index in [2.05, 4.69) is 0 Å². The molecule has 1 rings (SSSR count). The van der Waals surface area contributed by atoms with E-state index in [9.17, 15) is 8.42 Å². The van der Waals surface area contributed by atoms with Crippen molar-refractivity contribution in [1.82, 2.24) is 0 Å². The molecule has 0 saturated carbocycles. The average molecular weight is 213 g/mol. The number of sulfonamides is 1. The van der Waals surface area contributed by atoms with Gasteiger partial charge in [0, 0.05) is 7.05 Å². The average Bonchev–Trinajstić information content (AvgIpc) is 1.99. The summed E-state index contributed by atoms with van der Waals surface area (Å²) in [5, 5.41) is 0. The van der Waals surface area contributed by atoms with Crippen LogP contribution in [0.4, 0.5) is 5.69 Å². The van der Waals surface area contributed by atoms with Gasteiger partial charge in [0.1, 0.15) is 0 Å². The summed E-state index contributed by atoms with van der Waals surface area (Å²) in [4.78, 5) is 0. The van der Waals surface area contributed by atoms with Crippen molar-refractivity contribution in [3.05, 3.63) is 29.3 Å². The van der Waals surface area contributed by atoms with E-state index < -0.39 is 10.0 Å². The first kappa shape index (κ1) is 11.0. The molecule has 0 heterocycles. The van der Waals surface area contributed by atoms with E-state index in [-0.39, 0.29) is 0 Å². The number of anilines is 1. The molecule has 0 unspecified atom stereocenters. The van der Waals surface area contributed by atoms with Crippen molar-refractivity contribution < 1.29 is 8.42 Å². The minimum atomic E-state index is -3.16. The number of hydrogen-bond acceptors (Lipinski definition) is 2. The van der Waals surface area contributed by atoms with E-state index in [0.717, 1.165) is 11.1 Å². The van der Waals surface area contributed by atoms with Crippen molar-refractivity contribution in [2.75, 3.05) is 17.6 Å². The molecule has 0 aliphatic heterocycles. The first-order valence-corrected chi connectivity index (χ1v) is 6.18. The zero-order chi connectivity index (χ0) is 10.9. The summed E-state index contributed by atoms with van der Waals surface area (Å²) >= 11 is 0. The number of nitrogens with zero attached hydrogens (tertiary/aromatic N) is 1. The summed E-state index contributed by atoms with van der Waals surface area (Å²) in [6, 6.07) is 5.72. The zero-order valence-corrected chi connectivity index (χ0v) is 9.72. The molecule has 0 aromatic heterocycles. The van der Waals surface area contributed by atoms with Gasteiger partial charge < -0.3 is 0 Å². The summed E-state index contributed by atoms with van der Waals surface area (Å²) in [5.41, 5.74) is 2.84. The van der Waals surface area contributed by atoms with Gasteiger partial charge in [0.15, 0.2) is 0 Å². The standard InChI is InChI=1S/C10H15NO2S/c1-8-5-9(2)7-10(6-8)11(3)14(4,12)13/h5-7H,1-4H3. The van der Waals surface area contributed by atoms with Gasteiger partial charge in [-0.1, -0.05) is 6.07 Å². The maximum absolute atomic E-state index is 11.3. The summed E-state index contributed by atoms with van der Waals surface area (Å²) < 4.78 is 23.8. The Hall–Kier alpha value is -1.03. The third kappa shape index (κ3) is 2.48. The van der Waals surface area contributed by atoms with Crippen LogP contribution in [-0.2, 0) is 10.0 Å². The molecule has 1 aromatic rings. The molecule has 0 bridgehead atoms. The lowest BCUT2D eigenvalue weighted by molar-refractivity contribution is 0.600. The van der Waals surface area contributed by atoms with Crippen LogP contribution in [-0.4, -0.2) is 21.7 Å². The van der Waals surface area contributed by atoms with Crippen molar-refractivity contribution in [3.63, 3.8) is 0 Å². The number of rotatable bonds is 2. The number of aryl methyl sites for hydroxylation is 2. The Morgan fingerprint density at radius 3 is 1.86 bits per heavy atom. The SMILES string of the molecule is Cc1cc(C)cc(N(C)S(C)(=O)=O)c1. The fourth-order valence-corrected chi connectivity index (χ4v) is 1.81. The monoisotopic (exact) mass is 213 g/mol. The van der Waals surface area contributed by atoms with Crippen LogP contribution in [0, 0.1) is 13.8 Å². The molecular formula is C10H15NO2S. The molecule has 4 heteroatoms. The Morgan fingerprint density at radius 2 is 1.50 bits per heavy atom. The van der Waals surface area contributed by atoms with E-state index in [1.165, 1.54) is 10.6 Å². The topological polar surface area (TPSA) is 37.4 Å². The Morgan fingerprint density at radius 1 is 1.07 bits per heavy atom. The lowest BCUT2D eigenvalue weighted by Crippen LogP contribution is -2.24. The first-order chi connectivity index (χ1) is 6.30. The molecule has 14 heavy (non-hydrogen) atoms. The highest BCUT2D eigenvalue weighted by Crippen LogP contribution is 2.19. The van der Waals surface area contributed by atoms with Gasteiger partial charge in [-0.2, -0.15) is 0 Å². The largest absolute Gasteiger partial charge is 0.274 e. The van der Waals surface area contributed by atoms with Crippen LogP contribution in [0.15, 0.2) is 18.2 Å². The summed E-state index contributed by atoms with van der Waals surface area (Å²) in [5.74, 6) is 0. The maximum atomic E-state index is 11.3. The van der Waals surface area contributed by atoms with Crippen LogP contribution in [0.1, 0.15) is 11.1 Å². The van der Waals surface area contributed by atoms with Crippen molar-refractivity contribution in [1.29, 1.82) is 0 Å². The molecule has 0 aliphatic carbocycles. The van der Waals surface area contributed by atoms with E-state index in [4.69, 9.17) is 0 Å². The zero-order valence-electron chi connectivity index (χ0n) is 8.90. The summed E-state index contributed by atoms with van der Waals surface area (Å²) in [7, 11) is -1.60. The van der Waals surface area contributed by atoms with Gasteiger partial charge in [-0.3, -0.25) is 4.31 Å². The van der Waals surface area contributed by atoms with Gasteiger partial charge in [0.2, 0.25) is 10.0 Å². The Labute approximate surface area is 85.4 Å². The van der Waals surface area contributed by atoms with Crippen LogP contribution in [0.2, 0.25) is 0 Å². The molecule has 0 fully saturated rings. The van der Waals surface area contributed by atoms with Crippen molar-refractivity contribution in [2.45, 2.75) is 13.8 Å². The van der Waals surface area contributed by atoms with Gasteiger partial charge >= 0.3 is 0 Å². The van der Waals surface area contributed by atoms with Gasteiger partial charge in [-0.05, 0) is 37.1 Å². The predicted molar refractivity (Wildman–Crippen MR) is 59.2 cm³/mol. The maximum Gasteiger partial charge on any atom is 0.231 e. The Balaban J connectivity index is 3.20. The smallest absolute Gasteiger partial charge is 0.231 e. The molecule has 0 spiro atoms. The second-order valence-electron chi connectivity index (χ2n) is 3.58. The van der Waals surface area contributed by atoms with Crippen LogP contribution < -0.4 is 4.31 Å². The second kappa shape index (κ2) is 3.61. The van der Waals surface area contributed by atoms with E-state index in [0.29, 0.717) is 5.69 Å².